The second-order valence-corrected chi connectivity index (χ2v) is 5.84. The number of carbonyl (C=O) groups is 1. The topological polar surface area (TPSA) is 68.0 Å². The van der Waals surface area contributed by atoms with Gasteiger partial charge < -0.3 is 9.73 Å². The van der Waals surface area contributed by atoms with Gasteiger partial charge in [0.2, 0.25) is 5.91 Å². The Morgan fingerprint density at radius 1 is 1.40 bits per heavy atom. The summed E-state index contributed by atoms with van der Waals surface area (Å²) in [5.41, 5.74) is 0.920. The molecule has 20 heavy (non-hydrogen) atoms. The molecule has 0 atom stereocenters. The standard InChI is InChI=1S/C13H11N3O2S2/c17-11(14-6-9-2-1-4-18-9)7-20-13-12-10(3-5-19-12)15-8-16-13/h1-5,8H,6-7H2,(H,14,17). The molecule has 102 valence electrons. The van der Waals surface area contributed by atoms with Gasteiger partial charge in [-0.3, -0.25) is 4.79 Å². The lowest BCUT2D eigenvalue weighted by Gasteiger charge is -2.03. The van der Waals surface area contributed by atoms with Crippen molar-refractivity contribution < 1.29 is 9.21 Å². The summed E-state index contributed by atoms with van der Waals surface area (Å²) in [6.07, 6.45) is 3.11. The molecule has 1 N–H and O–H groups in total. The van der Waals surface area contributed by atoms with E-state index < -0.39 is 0 Å². The van der Waals surface area contributed by atoms with Gasteiger partial charge in [0.1, 0.15) is 17.1 Å². The van der Waals surface area contributed by atoms with Crippen molar-refractivity contribution in [2.24, 2.45) is 0 Å². The molecular formula is C13H11N3O2S2. The largest absolute Gasteiger partial charge is 0.467 e. The van der Waals surface area contributed by atoms with Crippen molar-refractivity contribution in [1.29, 1.82) is 0 Å². The summed E-state index contributed by atoms with van der Waals surface area (Å²) in [6, 6.07) is 5.57. The number of rotatable bonds is 5. The molecule has 0 saturated heterocycles. The Kier molecular flexibility index (Phi) is 3.98. The molecule has 3 aromatic rings. The third-order valence-corrected chi connectivity index (χ3v) is 4.62. The number of thiophene rings is 1. The fourth-order valence-corrected chi connectivity index (χ4v) is 3.43. The first-order valence-corrected chi connectivity index (χ1v) is 7.79. The van der Waals surface area contributed by atoms with Gasteiger partial charge in [-0.25, -0.2) is 9.97 Å². The fourth-order valence-electron chi connectivity index (χ4n) is 1.65. The van der Waals surface area contributed by atoms with Crippen LogP contribution in [0.25, 0.3) is 10.2 Å². The number of thioether (sulfide) groups is 1. The first-order valence-electron chi connectivity index (χ1n) is 5.93. The van der Waals surface area contributed by atoms with E-state index in [9.17, 15) is 4.79 Å². The Labute approximate surface area is 123 Å². The van der Waals surface area contributed by atoms with Gasteiger partial charge in [0, 0.05) is 0 Å². The zero-order valence-electron chi connectivity index (χ0n) is 10.4. The third-order valence-electron chi connectivity index (χ3n) is 2.59. The van der Waals surface area contributed by atoms with Crippen molar-refractivity contribution in [3.63, 3.8) is 0 Å². The van der Waals surface area contributed by atoms with Crippen LogP contribution in [-0.2, 0) is 11.3 Å². The number of nitrogens with zero attached hydrogens (tertiary/aromatic N) is 2. The fraction of sp³-hybridized carbons (Fsp3) is 0.154. The van der Waals surface area contributed by atoms with Crippen molar-refractivity contribution in [3.8, 4) is 0 Å². The van der Waals surface area contributed by atoms with Gasteiger partial charge in [0.15, 0.2) is 0 Å². The molecular weight excluding hydrogens is 294 g/mol. The average Bonchev–Trinajstić information content (AvgIpc) is 3.13. The van der Waals surface area contributed by atoms with Crippen LogP contribution in [0.2, 0.25) is 0 Å². The van der Waals surface area contributed by atoms with Crippen LogP contribution in [0.3, 0.4) is 0 Å². The second kappa shape index (κ2) is 6.06. The molecule has 0 aliphatic carbocycles. The second-order valence-electron chi connectivity index (χ2n) is 3.96. The van der Waals surface area contributed by atoms with E-state index in [1.54, 1.807) is 23.7 Å². The van der Waals surface area contributed by atoms with Gasteiger partial charge in [-0.15, -0.1) is 11.3 Å². The molecule has 0 fully saturated rings. The molecule has 0 aromatic carbocycles. The number of fused-ring (bicyclic) bond motifs is 1. The molecule has 3 rings (SSSR count). The Hall–Kier alpha value is -1.86. The van der Waals surface area contributed by atoms with E-state index in [4.69, 9.17) is 4.42 Å². The Bertz CT molecular complexity index is 709. The van der Waals surface area contributed by atoms with Gasteiger partial charge in [0.05, 0.1) is 28.8 Å². The maximum atomic E-state index is 11.8. The van der Waals surface area contributed by atoms with Gasteiger partial charge in [0.25, 0.3) is 0 Å². The van der Waals surface area contributed by atoms with Crippen LogP contribution in [0.1, 0.15) is 5.76 Å². The summed E-state index contributed by atoms with van der Waals surface area (Å²) in [5, 5.41) is 5.62. The predicted molar refractivity (Wildman–Crippen MR) is 78.7 cm³/mol. The maximum Gasteiger partial charge on any atom is 0.230 e. The molecule has 1 amide bonds. The minimum atomic E-state index is -0.0466. The van der Waals surface area contributed by atoms with Crippen molar-refractivity contribution in [1.82, 2.24) is 15.3 Å². The van der Waals surface area contributed by atoms with Crippen LogP contribution < -0.4 is 5.32 Å². The minimum absolute atomic E-state index is 0.0466. The van der Waals surface area contributed by atoms with E-state index in [0.717, 1.165) is 21.0 Å². The van der Waals surface area contributed by atoms with E-state index in [1.807, 2.05) is 17.5 Å². The zero-order chi connectivity index (χ0) is 13.8. The smallest absolute Gasteiger partial charge is 0.230 e. The summed E-state index contributed by atoms with van der Waals surface area (Å²) >= 11 is 3.00. The lowest BCUT2D eigenvalue weighted by molar-refractivity contribution is -0.118. The van der Waals surface area contributed by atoms with Crippen LogP contribution in [0.15, 0.2) is 45.6 Å². The Morgan fingerprint density at radius 2 is 2.35 bits per heavy atom. The van der Waals surface area contributed by atoms with Gasteiger partial charge in [-0.05, 0) is 23.6 Å². The lowest BCUT2D eigenvalue weighted by Crippen LogP contribution is -2.24. The zero-order valence-corrected chi connectivity index (χ0v) is 12.0. The predicted octanol–water partition coefficient (Wildman–Crippen LogP) is 2.69. The normalized spacial score (nSPS) is 10.8. The first kappa shape index (κ1) is 13.1. The van der Waals surface area contributed by atoms with Crippen LogP contribution >= 0.6 is 23.1 Å². The third kappa shape index (κ3) is 3.00. The van der Waals surface area contributed by atoms with Gasteiger partial charge in [-0.2, -0.15) is 0 Å². The molecule has 3 heterocycles. The molecule has 0 saturated carbocycles. The van der Waals surface area contributed by atoms with E-state index in [2.05, 4.69) is 15.3 Å². The molecule has 0 radical (unpaired) electrons. The Balaban J connectivity index is 1.56. The first-order chi connectivity index (χ1) is 9.83. The number of carbonyl (C=O) groups excluding carboxylic acids is 1. The molecule has 0 aliphatic rings. The van der Waals surface area contributed by atoms with Crippen molar-refractivity contribution in [2.45, 2.75) is 11.6 Å². The highest BCUT2D eigenvalue weighted by atomic mass is 32.2. The van der Waals surface area contributed by atoms with E-state index >= 15 is 0 Å². The summed E-state index contributed by atoms with van der Waals surface area (Å²) in [4.78, 5) is 20.2. The van der Waals surface area contributed by atoms with Crippen molar-refractivity contribution in [3.05, 3.63) is 41.9 Å². The Morgan fingerprint density at radius 3 is 3.20 bits per heavy atom. The summed E-state index contributed by atoms with van der Waals surface area (Å²) in [6.45, 7) is 0.407. The quantitative estimate of drug-likeness (QED) is 0.580. The van der Waals surface area contributed by atoms with Gasteiger partial charge in [-0.1, -0.05) is 11.8 Å². The highest BCUT2D eigenvalue weighted by Crippen LogP contribution is 2.28. The summed E-state index contributed by atoms with van der Waals surface area (Å²) in [7, 11) is 0. The van der Waals surface area contributed by atoms with Crippen molar-refractivity contribution in [2.75, 3.05) is 5.75 Å². The number of nitrogens with one attached hydrogen (secondary N) is 1. The van der Waals surface area contributed by atoms with E-state index in [0.29, 0.717) is 12.3 Å². The van der Waals surface area contributed by atoms with Crippen LogP contribution in [0.4, 0.5) is 0 Å². The SMILES string of the molecule is O=C(CSc1ncnc2ccsc12)NCc1ccco1. The molecule has 7 heteroatoms. The molecule has 3 aromatic heterocycles. The highest BCUT2D eigenvalue weighted by Gasteiger charge is 2.09. The highest BCUT2D eigenvalue weighted by molar-refractivity contribution is 8.00. The number of furan rings is 1. The van der Waals surface area contributed by atoms with Crippen LogP contribution in [0, 0.1) is 0 Å². The van der Waals surface area contributed by atoms with Crippen LogP contribution in [0.5, 0.6) is 0 Å². The van der Waals surface area contributed by atoms with Gasteiger partial charge >= 0.3 is 0 Å². The number of hydrogen-bond donors (Lipinski definition) is 1. The summed E-state index contributed by atoms with van der Waals surface area (Å²) < 4.78 is 6.18. The maximum absolute atomic E-state index is 11.8. The minimum Gasteiger partial charge on any atom is -0.467 e. The van der Waals surface area contributed by atoms with Crippen LogP contribution in [-0.4, -0.2) is 21.6 Å². The number of amides is 1. The molecule has 0 spiro atoms. The van der Waals surface area contributed by atoms with E-state index in [-0.39, 0.29) is 5.91 Å². The molecule has 0 unspecified atom stereocenters. The van der Waals surface area contributed by atoms with E-state index in [1.165, 1.54) is 18.1 Å². The molecule has 0 bridgehead atoms. The average molecular weight is 305 g/mol. The number of hydrogen-bond acceptors (Lipinski definition) is 6. The molecule has 0 aliphatic heterocycles. The molecule has 5 nitrogen and oxygen atoms in total. The summed E-state index contributed by atoms with van der Waals surface area (Å²) in [5.74, 6) is 1.02. The number of aromatic nitrogens is 2. The monoisotopic (exact) mass is 305 g/mol. The van der Waals surface area contributed by atoms with Crippen molar-refractivity contribution >= 4 is 39.2 Å². The lowest BCUT2D eigenvalue weighted by atomic mass is 10.4.